The number of nitrogens with zero attached hydrogens (tertiary/aromatic N) is 4. The number of halogens is 1. The summed E-state index contributed by atoms with van der Waals surface area (Å²) in [4.78, 5) is 22.0. The molecule has 1 amide bonds. The normalized spacial score (nSPS) is 15.4. The number of likely N-dealkylation sites (tertiary alicyclic amines) is 1. The van der Waals surface area contributed by atoms with Crippen LogP contribution < -0.4 is 0 Å². The van der Waals surface area contributed by atoms with Crippen LogP contribution in [0.2, 0.25) is 5.15 Å². The molecule has 0 bridgehead atoms. The summed E-state index contributed by atoms with van der Waals surface area (Å²) in [5.41, 5.74) is 3.19. The highest BCUT2D eigenvalue weighted by Gasteiger charge is 2.20. The molecular weight excluding hydrogens is 288 g/mol. The Balaban J connectivity index is 1.79. The van der Waals surface area contributed by atoms with Crippen LogP contribution in [0.15, 0.2) is 6.33 Å². The van der Waals surface area contributed by atoms with E-state index in [1.54, 1.807) is 0 Å². The zero-order chi connectivity index (χ0) is 15.0. The Hall–Kier alpha value is -1.62. The lowest BCUT2D eigenvalue weighted by atomic mass is 10.2. The lowest BCUT2D eigenvalue weighted by Gasteiger charge is -2.16. The molecule has 1 saturated heterocycles. The molecule has 0 unspecified atom stereocenters. The number of fused-ring (bicyclic) bond motifs is 1. The Morgan fingerprint density at radius 2 is 2.10 bits per heavy atom. The molecule has 2 aromatic rings. The molecule has 0 N–H and O–H groups in total. The first kappa shape index (κ1) is 14.3. The zero-order valence-corrected chi connectivity index (χ0v) is 13.2. The lowest BCUT2D eigenvalue weighted by molar-refractivity contribution is -0.127. The Labute approximate surface area is 128 Å². The van der Waals surface area contributed by atoms with Crippen LogP contribution in [0.4, 0.5) is 0 Å². The molecule has 0 aromatic carbocycles. The standard InChI is InChI=1S/C15H19ClN4O/c1-10-11(2)20(15-13(10)14(16)17-9-18-15)8-4-7-19-6-3-5-12(19)21/h9H,3-8H2,1-2H3. The van der Waals surface area contributed by atoms with Gasteiger partial charge in [0.05, 0.1) is 5.39 Å². The van der Waals surface area contributed by atoms with Crippen molar-refractivity contribution in [2.75, 3.05) is 13.1 Å². The molecule has 1 aliphatic heterocycles. The van der Waals surface area contributed by atoms with Gasteiger partial charge in [-0.2, -0.15) is 0 Å². The summed E-state index contributed by atoms with van der Waals surface area (Å²) in [6, 6.07) is 0. The Morgan fingerprint density at radius 1 is 1.29 bits per heavy atom. The van der Waals surface area contributed by atoms with E-state index < -0.39 is 0 Å². The van der Waals surface area contributed by atoms with Crippen LogP contribution >= 0.6 is 11.6 Å². The summed E-state index contributed by atoms with van der Waals surface area (Å²) in [6.45, 7) is 6.68. The van der Waals surface area contributed by atoms with Gasteiger partial charge in [-0.1, -0.05) is 11.6 Å². The second kappa shape index (κ2) is 5.64. The molecule has 1 aliphatic rings. The molecule has 1 fully saturated rings. The SMILES string of the molecule is Cc1c(C)n(CCCN2CCCC2=O)c2ncnc(Cl)c12. The maximum atomic E-state index is 11.6. The number of aromatic nitrogens is 3. The van der Waals surface area contributed by atoms with E-state index in [1.807, 2.05) is 11.8 Å². The molecule has 3 heterocycles. The molecule has 0 saturated carbocycles. The number of hydrogen-bond acceptors (Lipinski definition) is 3. The largest absolute Gasteiger partial charge is 0.343 e. The van der Waals surface area contributed by atoms with Gasteiger partial charge in [0.15, 0.2) is 0 Å². The van der Waals surface area contributed by atoms with Crippen molar-refractivity contribution in [2.24, 2.45) is 0 Å². The Bertz CT molecular complexity index is 695. The van der Waals surface area contributed by atoms with E-state index in [0.717, 1.165) is 49.1 Å². The van der Waals surface area contributed by atoms with E-state index in [-0.39, 0.29) is 5.91 Å². The molecule has 0 atom stereocenters. The van der Waals surface area contributed by atoms with E-state index in [0.29, 0.717) is 11.6 Å². The quantitative estimate of drug-likeness (QED) is 0.816. The topological polar surface area (TPSA) is 51.0 Å². The Kier molecular flexibility index (Phi) is 3.85. The number of carbonyl (C=O) groups is 1. The average Bonchev–Trinajstić information content (AvgIpc) is 2.97. The van der Waals surface area contributed by atoms with Crippen molar-refractivity contribution in [1.82, 2.24) is 19.4 Å². The van der Waals surface area contributed by atoms with Crippen LogP contribution in [0, 0.1) is 13.8 Å². The van der Waals surface area contributed by atoms with Gasteiger partial charge in [0.1, 0.15) is 17.1 Å². The summed E-state index contributed by atoms with van der Waals surface area (Å²) in [7, 11) is 0. The van der Waals surface area contributed by atoms with Gasteiger partial charge < -0.3 is 9.47 Å². The molecule has 0 aliphatic carbocycles. The molecule has 6 heteroatoms. The van der Waals surface area contributed by atoms with Crippen molar-refractivity contribution in [3.8, 4) is 0 Å². The number of amides is 1. The van der Waals surface area contributed by atoms with Gasteiger partial charge in [0.2, 0.25) is 5.91 Å². The summed E-state index contributed by atoms with van der Waals surface area (Å²) in [5.74, 6) is 0.283. The summed E-state index contributed by atoms with van der Waals surface area (Å²) in [5, 5.41) is 1.45. The summed E-state index contributed by atoms with van der Waals surface area (Å²) >= 11 is 6.19. The fraction of sp³-hybridized carbons (Fsp3) is 0.533. The van der Waals surface area contributed by atoms with Crippen LogP contribution in [0.5, 0.6) is 0 Å². The number of carbonyl (C=O) groups excluding carboxylic acids is 1. The average molecular weight is 307 g/mol. The van der Waals surface area contributed by atoms with Gasteiger partial charge in [-0.15, -0.1) is 0 Å². The van der Waals surface area contributed by atoms with E-state index in [1.165, 1.54) is 12.0 Å². The third-order valence-corrected chi connectivity index (χ3v) is 4.63. The molecule has 5 nitrogen and oxygen atoms in total. The van der Waals surface area contributed by atoms with Gasteiger partial charge in [-0.05, 0) is 32.3 Å². The van der Waals surface area contributed by atoms with Gasteiger partial charge in [-0.3, -0.25) is 4.79 Å². The minimum absolute atomic E-state index is 0.283. The first-order valence-corrected chi connectivity index (χ1v) is 7.71. The summed E-state index contributed by atoms with van der Waals surface area (Å²) in [6.07, 6.45) is 4.13. The molecular formula is C15H19ClN4O. The molecule has 0 spiro atoms. The first-order valence-electron chi connectivity index (χ1n) is 7.33. The molecule has 2 aromatic heterocycles. The van der Waals surface area contributed by atoms with Crippen LogP contribution in [-0.4, -0.2) is 38.4 Å². The van der Waals surface area contributed by atoms with Crippen molar-refractivity contribution in [3.05, 3.63) is 22.7 Å². The third-order valence-electron chi connectivity index (χ3n) is 4.34. The van der Waals surface area contributed by atoms with Crippen LogP contribution in [0.25, 0.3) is 11.0 Å². The minimum Gasteiger partial charge on any atom is -0.343 e. The van der Waals surface area contributed by atoms with Gasteiger partial charge in [0, 0.05) is 31.7 Å². The monoisotopic (exact) mass is 306 g/mol. The smallest absolute Gasteiger partial charge is 0.222 e. The van der Waals surface area contributed by atoms with Gasteiger partial charge in [-0.25, -0.2) is 9.97 Å². The minimum atomic E-state index is 0.283. The van der Waals surface area contributed by atoms with Crippen LogP contribution in [0.3, 0.4) is 0 Å². The lowest BCUT2D eigenvalue weighted by Crippen LogP contribution is -2.26. The van der Waals surface area contributed by atoms with Gasteiger partial charge in [0.25, 0.3) is 0 Å². The number of hydrogen-bond donors (Lipinski definition) is 0. The highest BCUT2D eigenvalue weighted by atomic mass is 35.5. The Morgan fingerprint density at radius 3 is 2.81 bits per heavy atom. The number of aryl methyl sites for hydroxylation is 2. The second-order valence-electron chi connectivity index (χ2n) is 5.56. The van der Waals surface area contributed by atoms with Crippen molar-refractivity contribution >= 4 is 28.5 Å². The zero-order valence-electron chi connectivity index (χ0n) is 12.4. The molecule has 21 heavy (non-hydrogen) atoms. The van der Waals surface area contributed by atoms with Crippen molar-refractivity contribution in [3.63, 3.8) is 0 Å². The van der Waals surface area contributed by atoms with E-state index >= 15 is 0 Å². The maximum absolute atomic E-state index is 11.6. The molecule has 112 valence electrons. The van der Waals surface area contributed by atoms with E-state index in [9.17, 15) is 4.79 Å². The number of rotatable bonds is 4. The van der Waals surface area contributed by atoms with E-state index in [4.69, 9.17) is 11.6 Å². The van der Waals surface area contributed by atoms with Crippen LogP contribution in [-0.2, 0) is 11.3 Å². The second-order valence-corrected chi connectivity index (χ2v) is 5.92. The fourth-order valence-electron chi connectivity index (χ4n) is 3.06. The summed E-state index contributed by atoms with van der Waals surface area (Å²) < 4.78 is 2.18. The van der Waals surface area contributed by atoms with Crippen LogP contribution in [0.1, 0.15) is 30.5 Å². The molecule has 0 radical (unpaired) electrons. The predicted molar refractivity (Wildman–Crippen MR) is 82.4 cm³/mol. The van der Waals surface area contributed by atoms with Crippen molar-refractivity contribution < 1.29 is 4.79 Å². The van der Waals surface area contributed by atoms with Crippen molar-refractivity contribution in [1.29, 1.82) is 0 Å². The third kappa shape index (κ3) is 2.50. The highest BCUT2D eigenvalue weighted by Crippen LogP contribution is 2.28. The maximum Gasteiger partial charge on any atom is 0.222 e. The van der Waals surface area contributed by atoms with Crippen molar-refractivity contribution in [2.45, 2.75) is 39.7 Å². The van der Waals surface area contributed by atoms with E-state index in [2.05, 4.69) is 21.5 Å². The highest BCUT2D eigenvalue weighted by molar-refractivity contribution is 6.34. The predicted octanol–water partition coefficient (Wildman–Crippen LogP) is 2.71. The first-order chi connectivity index (χ1) is 10.1. The van der Waals surface area contributed by atoms with Gasteiger partial charge >= 0.3 is 0 Å². The fourth-order valence-corrected chi connectivity index (χ4v) is 3.33. The molecule has 3 rings (SSSR count).